The first kappa shape index (κ1) is 13.9. The molecule has 0 bridgehead atoms. The monoisotopic (exact) mass is 216 g/mol. The van der Waals surface area contributed by atoms with Gasteiger partial charge in [0.2, 0.25) is 0 Å². The molecule has 1 N–H and O–H groups in total. The van der Waals surface area contributed by atoms with Gasteiger partial charge >= 0.3 is 11.9 Å². The average molecular weight is 216 g/mol. The molecule has 0 aliphatic heterocycles. The first-order valence-corrected chi connectivity index (χ1v) is 5.39. The van der Waals surface area contributed by atoms with Crippen LogP contribution < -0.4 is 0 Å². The third-order valence-corrected chi connectivity index (χ3v) is 2.21. The number of aliphatic carboxylic acids is 1. The molecule has 2 atom stereocenters. The number of hydrogen-bond donors (Lipinski definition) is 1. The van der Waals surface area contributed by atoms with E-state index in [0.29, 0.717) is 19.3 Å². The standard InChI is InChI=1S/C11H20O4/c1-4-5-10(12)15-9(3)7-6-8(2)11(13)14/h8-9H,4-7H2,1-3H3,(H,13,14). The van der Waals surface area contributed by atoms with E-state index >= 15 is 0 Å². The number of ether oxygens (including phenoxy) is 1. The Bertz CT molecular complexity index is 213. The molecule has 0 amide bonds. The minimum absolute atomic E-state index is 0.189. The highest BCUT2D eigenvalue weighted by Gasteiger charge is 2.14. The van der Waals surface area contributed by atoms with E-state index in [-0.39, 0.29) is 18.0 Å². The SMILES string of the molecule is CCCC(=O)OC(C)CCC(C)C(=O)O. The fourth-order valence-electron chi connectivity index (χ4n) is 1.15. The van der Waals surface area contributed by atoms with Crippen LogP contribution in [0.1, 0.15) is 46.5 Å². The molecule has 0 rings (SSSR count). The Kier molecular flexibility index (Phi) is 6.75. The first-order valence-electron chi connectivity index (χ1n) is 5.39. The van der Waals surface area contributed by atoms with E-state index in [1.807, 2.05) is 6.92 Å². The van der Waals surface area contributed by atoms with Gasteiger partial charge in [-0.1, -0.05) is 13.8 Å². The number of rotatable bonds is 7. The van der Waals surface area contributed by atoms with Crippen LogP contribution >= 0.6 is 0 Å². The summed E-state index contributed by atoms with van der Waals surface area (Å²) in [5.74, 6) is -1.38. The third kappa shape index (κ3) is 6.94. The topological polar surface area (TPSA) is 63.6 Å². The second-order valence-electron chi connectivity index (χ2n) is 3.87. The first-order chi connectivity index (χ1) is 6.97. The summed E-state index contributed by atoms with van der Waals surface area (Å²) in [6.45, 7) is 5.36. The van der Waals surface area contributed by atoms with Gasteiger partial charge in [0, 0.05) is 6.42 Å². The van der Waals surface area contributed by atoms with Gasteiger partial charge in [-0.25, -0.2) is 0 Å². The van der Waals surface area contributed by atoms with Crippen molar-refractivity contribution in [1.82, 2.24) is 0 Å². The molecule has 0 spiro atoms. The molecule has 0 aliphatic rings. The molecule has 0 aromatic carbocycles. The summed E-state index contributed by atoms with van der Waals surface area (Å²) in [5, 5.41) is 8.65. The lowest BCUT2D eigenvalue weighted by Crippen LogP contribution is -2.17. The van der Waals surface area contributed by atoms with Crippen LogP contribution in [-0.2, 0) is 14.3 Å². The third-order valence-electron chi connectivity index (χ3n) is 2.21. The number of carboxylic acids is 1. The summed E-state index contributed by atoms with van der Waals surface area (Å²) in [6.07, 6.45) is 2.15. The highest BCUT2D eigenvalue weighted by Crippen LogP contribution is 2.11. The normalized spacial score (nSPS) is 14.3. The molecule has 2 unspecified atom stereocenters. The zero-order valence-electron chi connectivity index (χ0n) is 9.66. The van der Waals surface area contributed by atoms with E-state index in [4.69, 9.17) is 9.84 Å². The largest absolute Gasteiger partial charge is 0.481 e. The lowest BCUT2D eigenvalue weighted by Gasteiger charge is -2.14. The summed E-state index contributed by atoms with van der Waals surface area (Å²) < 4.78 is 5.09. The van der Waals surface area contributed by atoms with Crippen molar-refractivity contribution in [1.29, 1.82) is 0 Å². The van der Waals surface area contributed by atoms with Crippen molar-refractivity contribution >= 4 is 11.9 Å². The van der Waals surface area contributed by atoms with Crippen LogP contribution in [0, 0.1) is 5.92 Å². The van der Waals surface area contributed by atoms with Gasteiger partial charge in [-0.3, -0.25) is 9.59 Å². The minimum Gasteiger partial charge on any atom is -0.481 e. The summed E-state index contributed by atoms with van der Waals surface area (Å²) in [7, 11) is 0. The molecule has 0 saturated carbocycles. The van der Waals surface area contributed by atoms with Crippen LogP contribution in [0.15, 0.2) is 0 Å². The zero-order valence-corrected chi connectivity index (χ0v) is 9.66. The highest BCUT2D eigenvalue weighted by molar-refractivity contribution is 5.70. The van der Waals surface area contributed by atoms with E-state index in [2.05, 4.69) is 0 Å². The maximum Gasteiger partial charge on any atom is 0.306 e. The molecule has 0 aliphatic carbocycles. The van der Waals surface area contributed by atoms with Crippen molar-refractivity contribution in [3.8, 4) is 0 Å². The Morgan fingerprint density at radius 3 is 2.33 bits per heavy atom. The van der Waals surface area contributed by atoms with Crippen LogP contribution in [0.25, 0.3) is 0 Å². The lowest BCUT2D eigenvalue weighted by molar-refractivity contribution is -0.148. The summed E-state index contributed by atoms with van der Waals surface area (Å²) in [4.78, 5) is 21.6. The van der Waals surface area contributed by atoms with E-state index < -0.39 is 5.97 Å². The van der Waals surface area contributed by atoms with Crippen molar-refractivity contribution in [3.63, 3.8) is 0 Å². The van der Waals surface area contributed by atoms with E-state index in [0.717, 1.165) is 6.42 Å². The van der Waals surface area contributed by atoms with Crippen LogP contribution in [0.2, 0.25) is 0 Å². The van der Waals surface area contributed by atoms with Gasteiger partial charge in [0.1, 0.15) is 0 Å². The van der Waals surface area contributed by atoms with Gasteiger partial charge in [0.05, 0.1) is 12.0 Å². The molecule has 4 heteroatoms. The number of esters is 1. The molecule has 4 nitrogen and oxygen atoms in total. The van der Waals surface area contributed by atoms with Crippen LogP contribution in [0.3, 0.4) is 0 Å². The maximum atomic E-state index is 11.1. The summed E-state index contributed by atoms with van der Waals surface area (Å²) in [6, 6.07) is 0. The quantitative estimate of drug-likeness (QED) is 0.663. The lowest BCUT2D eigenvalue weighted by atomic mass is 10.0. The summed E-state index contributed by atoms with van der Waals surface area (Å²) >= 11 is 0. The van der Waals surface area contributed by atoms with Crippen molar-refractivity contribution in [2.24, 2.45) is 5.92 Å². The van der Waals surface area contributed by atoms with Crippen LogP contribution in [-0.4, -0.2) is 23.1 Å². The van der Waals surface area contributed by atoms with Gasteiger partial charge in [-0.05, 0) is 26.2 Å². The number of hydrogen-bond acceptors (Lipinski definition) is 3. The summed E-state index contributed by atoms with van der Waals surface area (Å²) in [5.41, 5.74) is 0. The van der Waals surface area contributed by atoms with E-state index in [9.17, 15) is 9.59 Å². The van der Waals surface area contributed by atoms with Gasteiger partial charge in [-0.15, -0.1) is 0 Å². The molecule has 0 saturated heterocycles. The Balaban J connectivity index is 3.70. The Hall–Kier alpha value is -1.06. The Labute approximate surface area is 90.6 Å². The smallest absolute Gasteiger partial charge is 0.306 e. The van der Waals surface area contributed by atoms with Crippen LogP contribution in [0.4, 0.5) is 0 Å². The van der Waals surface area contributed by atoms with Gasteiger partial charge in [0.15, 0.2) is 0 Å². The molecule has 0 radical (unpaired) electrons. The highest BCUT2D eigenvalue weighted by atomic mass is 16.5. The second-order valence-corrected chi connectivity index (χ2v) is 3.87. The van der Waals surface area contributed by atoms with Crippen molar-refractivity contribution < 1.29 is 19.4 Å². The Morgan fingerprint density at radius 1 is 1.27 bits per heavy atom. The molecular formula is C11H20O4. The molecule has 0 aromatic heterocycles. The minimum atomic E-state index is -0.804. The fraction of sp³-hybridized carbons (Fsp3) is 0.818. The van der Waals surface area contributed by atoms with Crippen molar-refractivity contribution in [2.75, 3.05) is 0 Å². The molecule has 88 valence electrons. The molecule has 0 heterocycles. The molecule has 0 fully saturated rings. The predicted octanol–water partition coefficient (Wildman–Crippen LogP) is 2.22. The number of carbonyl (C=O) groups is 2. The van der Waals surface area contributed by atoms with E-state index in [1.165, 1.54) is 0 Å². The second kappa shape index (κ2) is 7.26. The molecular weight excluding hydrogens is 196 g/mol. The van der Waals surface area contributed by atoms with Gasteiger partial charge < -0.3 is 9.84 Å². The van der Waals surface area contributed by atoms with Crippen molar-refractivity contribution in [2.45, 2.75) is 52.6 Å². The fourth-order valence-corrected chi connectivity index (χ4v) is 1.15. The number of carboxylic acid groups (broad SMARTS) is 1. The molecule has 0 aromatic rings. The zero-order chi connectivity index (χ0) is 11.8. The Morgan fingerprint density at radius 2 is 1.87 bits per heavy atom. The van der Waals surface area contributed by atoms with Gasteiger partial charge in [-0.2, -0.15) is 0 Å². The van der Waals surface area contributed by atoms with Crippen LogP contribution in [0.5, 0.6) is 0 Å². The average Bonchev–Trinajstić information content (AvgIpc) is 2.14. The van der Waals surface area contributed by atoms with Crippen molar-refractivity contribution in [3.05, 3.63) is 0 Å². The van der Waals surface area contributed by atoms with Gasteiger partial charge in [0.25, 0.3) is 0 Å². The van der Waals surface area contributed by atoms with E-state index in [1.54, 1.807) is 13.8 Å². The maximum absolute atomic E-state index is 11.1. The predicted molar refractivity (Wildman–Crippen MR) is 56.5 cm³/mol. The molecule has 15 heavy (non-hydrogen) atoms. The number of carbonyl (C=O) groups excluding carboxylic acids is 1.